The Morgan fingerprint density at radius 1 is 1.20 bits per heavy atom. The molecule has 9 nitrogen and oxygen atoms in total. The Bertz CT molecular complexity index is 1480. The third-order valence-corrected chi connectivity index (χ3v) is 6.88. The third-order valence-electron chi connectivity index (χ3n) is 6.88. The molecule has 1 saturated heterocycles. The van der Waals surface area contributed by atoms with Gasteiger partial charge in [0.25, 0.3) is 5.91 Å². The molecule has 1 amide bonds. The van der Waals surface area contributed by atoms with Gasteiger partial charge >= 0.3 is 6.61 Å². The van der Waals surface area contributed by atoms with Gasteiger partial charge in [-0.3, -0.25) is 14.1 Å². The summed E-state index contributed by atoms with van der Waals surface area (Å²) in [7, 11) is 1.82. The lowest BCUT2D eigenvalue weighted by molar-refractivity contribution is -0.0498. The second kappa shape index (κ2) is 12.2. The molecule has 1 aliphatic heterocycles. The number of nitrogens with zero attached hydrogens (tertiary/aromatic N) is 5. The first kappa shape index (κ1) is 27.2. The number of aromatic nitrogens is 3. The monoisotopic (exact) mass is 547 g/mol. The number of likely N-dealkylation sites (N-methyl/N-ethyl adjacent to an activating group) is 1. The van der Waals surface area contributed by atoms with Gasteiger partial charge in [-0.05, 0) is 48.0 Å². The number of piperazine rings is 1. The average molecular weight is 548 g/mol. The minimum Gasteiger partial charge on any atom is -0.435 e. The summed E-state index contributed by atoms with van der Waals surface area (Å²) in [5.41, 5.74) is 4.15. The summed E-state index contributed by atoms with van der Waals surface area (Å²) in [5.74, 6) is 0.551. The van der Waals surface area contributed by atoms with E-state index in [4.69, 9.17) is 0 Å². The lowest BCUT2D eigenvalue weighted by Gasteiger charge is -2.29. The predicted molar refractivity (Wildman–Crippen MR) is 151 cm³/mol. The Labute approximate surface area is 231 Å². The number of hydrogen-bond acceptors (Lipinski definition) is 7. The number of rotatable bonds is 10. The predicted octanol–water partition coefficient (Wildman–Crippen LogP) is 4.36. The highest BCUT2D eigenvalue weighted by atomic mass is 19.3. The second-order valence-corrected chi connectivity index (χ2v) is 9.47. The number of anilines is 2. The summed E-state index contributed by atoms with van der Waals surface area (Å²) in [6.07, 6.45) is 6.79. The fourth-order valence-electron chi connectivity index (χ4n) is 4.70. The van der Waals surface area contributed by atoms with Gasteiger partial charge in [0.1, 0.15) is 5.75 Å². The molecule has 5 rings (SSSR count). The number of carbonyl (C=O) groups is 1. The summed E-state index contributed by atoms with van der Waals surface area (Å²) in [6.45, 7) is 6.44. The van der Waals surface area contributed by atoms with Crippen LogP contribution in [0.4, 0.5) is 20.3 Å². The van der Waals surface area contributed by atoms with Crippen molar-refractivity contribution in [3.8, 4) is 17.0 Å². The SMILES string of the molecule is C=Cc1cc(Nc2nccn3c(-c4ccc(OC(F)F)cc4)cnc23)ccc1C(=O)N(C)CCN1CCNCC1. The van der Waals surface area contributed by atoms with E-state index in [1.54, 1.807) is 47.8 Å². The van der Waals surface area contributed by atoms with Crippen molar-refractivity contribution in [1.82, 2.24) is 29.5 Å². The van der Waals surface area contributed by atoms with Crippen LogP contribution in [-0.2, 0) is 0 Å². The van der Waals surface area contributed by atoms with Gasteiger partial charge in [0.2, 0.25) is 0 Å². The van der Waals surface area contributed by atoms with E-state index < -0.39 is 6.61 Å². The molecule has 3 heterocycles. The highest BCUT2D eigenvalue weighted by molar-refractivity contribution is 5.98. The first-order valence-corrected chi connectivity index (χ1v) is 13.0. The first-order chi connectivity index (χ1) is 19.4. The average Bonchev–Trinajstić information content (AvgIpc) is 3.41. The number of hydrogen-bond donors (Lipinski definition) is 2. The van der Waals surface area contributed by atoms with Crippen LogP contribution in [0.15, 0.2) is 67.6 Å². The molecule has 0 aliphatic carbocycles. The van der Waals surface area contributed by atoms with Crippen molar-refractivity contribution in [2.24, 2.45) is 0 Å². The Hall–Kier alpha value is -4.35. The molecule has 0 atom stereocenters. The topological polar surface area (TPSA) is 87.0 Å². The number of nitrogens with one attached hydrogen (secondary N) is 2. The quantitative estimate of drug-likeness (QED) is 0.305. The van der Waals surface area contributed by atoms with Crippen LogP contribution in [0.1, 0.15) is 15.9 Å². The molecule has 2 aromatic carbocycles. The van der Waals surface area contributed by atoms with Crippen molar-refractivity contribution in [3.05, 3.63) is 78.8 Å². The Morgan fingerprint density at radius 3 is 2.70 bits per heavy atom. The molecule has 1 aliphatic rings. The van der Waals surface area contributed by atoms with E-state index in [1.807, 2.05) is 23.6 Å². The van der Waals surface area contributed by atoms with Crippen LogP contribution in [0.3, 0.4) is 0 Å². The maximum absolute atomic E-state index is 13.2. The minimum absolute atomic E-state index is 0.0559. The fourth-order valence-corrected chi connectivity index (χ4v) is 4.70. The van der Waals surface area contributed by atoms with E-state index in [2.05, 4.69) is 36.8 Å². The Morgan fingerprint density at radius 2 is 1.98 bits per heavy atom. The number of halogens is 2. The van der Waals surface area contributed by atoms with Crippen LogP contribution in [0.2, 0.25) is 0 Å². The molecule has 0 saturated carbocycles. The molecule has 1 fully saturated rings. The van der Waals surface area contributed by atoms with E-state index in [0.29, 0.717) is 29.1 Å². The summed E-state index contributed by atoms with van der Waals surface area (Å²) in [4.78, 5) is 26.3. The highest BCUT2D eigenvalue weighted by Crippen LogP contribution is 2.28. The summed E-state index contributed by atoms with van der Waals surface area (Å²) in [5, 5.41) is 6.64. The Kier molecular flexibility index (Phi) is 8.32. The maximum atomic E-state index is 13.2. The first-order valence-electron chi connectivity index (χ1n) is 13.0. The molecular weight excluding hydrogens is 516 g/mol. The van der Waals surface area contributed by atoms with Gasteiger partial charge in [-0.1, -0.05) is 12.7 Å². The minimum atomic E-state index is -2.88. The number of imidazole rings is 1. The molecule has 11 heteroatoms. The number of carbonyl (C=O) groups excluding carboxylic acids is 1. The number of alkyl halides is 2. The van der Waals surface area contributed by atoms with Crippen molar-refractivity contribution in [3.63, 3.8) is 0 Å². The zero-order chi connectivity index (χ0) is 28.1. The zero-order valence-electron chi connectivity index (χ0n) is 22.2. The number of fused-ring (bicyclic) bond motifs is 1. The molecule has 0 radical (unpaired) electrons. The molecular formula is C29H31F2N7O2. The van der Waals surface area contributed by atoms with E-state index in [0.717, 1.165) is 49.7 Å². The Balaban J connectivity index is 1.31. The molecule has 4 aromatic rings. The number of ether oxygens (including phenoxy) is 1. The summed E-state index contributed by atoms with van der Waals surface area (Å²) in [6, 6.07) is 11.9. The lowest BCUT2D eigenvalue weighted by atomic mass is 10.1. The lowest BCUT2D eigenvalue weighted by Crippen LogP contribution is -2.46. The highest BCUT2D eigenvalue weighted by Gasteiger charge is 2.18. The van der Waals surface area contributed by atoms with Gasteiger partial charge < -0.3 is 20.3 Å². The molecule has 0 spiro atoms. The summed E-state index contributed by atoms with van der Waals surface area (Å²) >= 11 is 0. The zero-order valence-corrected chi connectivity index (χ0v) is 22.2. The van der Waals surface area contributed by atoms with Crippen LogP contribution in [0.5, 0.6) is 5.75 Å². The van der Waals surface area contributed by atoms with Gasteiger partial charge in [0.05, 0.1) is 11.9 Å². The van der Waals surface area contributed by atoms with E-state index in [1.165, 1.54) is 12.1 Å². The normalized spacial score (nSPS) is 13.9. The number of amides is 1. The van der Waals surface area contributed by atoms with E-state index in [9.17, 15) is 13.6 Å². The largest absolute Gasteiger partial charge is 0.435 e. The second-order valence-electron chi connectivity index (χ2n) is 9.47. The van der Waals surface area contributed by atoms with Gasteiger partial charge in [0.15, 0.2) is 11.5 Å². The molecule has 40 heavy (non-hydrogen) atoms. The van der Waals surface area contributed by atoms with Crippen LogP contribution in [-0.4, -0.2) is 83.0 Å². The van der Waals surface area contributed by atoms with E-state index in [-0.39, 0.29) is 11.7 Å². The fraction of sp³-hybridized carbons (Fsp3) is 0.276. The molecule has 0 bridgehead atoms. The van der Waals surface area contributed by atoms with Crippen LogP contribution in [0.25, 0.3) is 23.0 Å². The molecule has 2 aromatic heterocycles. The smallest absolute Gasteiger partial charge is 0.387 e. The van der Waals surface area contributed by atoms with Gasteiger partial charge in [-0.25, -0.2) is 9.97 Å². The molecule has 208 valence electrons. The van der Waals surface area contributed by atoms with E-state index >= 15 is 0 Å². The van der Waals surface area contributed by atoms with Crippen LogP contribution >= 0.6 is 0 Å². The van der Waals surface area contributed by atoms with Crippen molar-refractivity contribution in [1.29, 1.82) is 0 Å². The molecule has 2 N–H and O–H groups in total. The van der Waals surface area contributed by atoms with Crippen LogP contribution in [0, 0.1) is 0 Å². The van der Waals surface area contributed by atoms with Crippen molar-refractivity contribution in [2.75, 3.05) is 51.6 Å². The van der Waals surface area contributed by atoms with Gasteiger partial charge in [-0.15, -0.1) is 0 Å². The summed E-state index contributed by atoms with van der Waals surface area (Å²) < 4.78 is 31.3. The van der Waals surface area contributed by atoms with Crippen molar-refractivity contribution < 1.29 is 18.3 Å². The van der Waals surface area contributed by atoms with Crippen molar-refractivity contribution in [2.45, 2.75) is 6.61 Å². The third kappa shape index (κ3) is 6.11. The number of benzene rings is 2. The standard InChI is InChI=1S/C29H31F2N7O2/c1-3-20-18-22(6-9-24(20)28(39)36(2)16-17-37-13-10-32-11-14-37)35-26-27-34-19-25(38(27)15-12-33-26)21-4-7-23(8-5-21)40-29(30)31/h3-9,12,15,18-19,29,32H,1,10-11,13-14,16-17H2,2H3,(H,33,35). The van der Waals surface area contributed by atoms with Crippen LogP contribution < -0.4 is 15.4 Å². The maximum Gasteiger partial charge on any atom is 0.387 e. The van der Waals surface area contributed by atoms with Gasteiger partial charge in [-0.2, -0.15) is 8.78 Å². The van der Waals surface area contributed by atoms with Gasteiger partial charge in [0, 0.05) is 75.5 Å². The molecule has 0 unspecified atom stereocenters. The van der Waals surface area contributed by atoms with Crippen molar-refractivity contribution >= 4 is 29.1 Å².